The molecule has 1 amide bonds. The van der Waals surface area contributed by atoms with E-state index < -0.39 is 0 Å². The molecule has 2 aromatic carbocycles. The summed E-state index contributed by atoms with van der Waals surface area (Å²) >= 11 is 1.49. The van der Waals surface area contributed by atoms with Gasteiger partial charge in [-0.1, -0.05) is 11.3 Å². The molecule has 0 spiro atoms. The zero-order valence-corrected chi connectivity index (χ0v) is 20.3. The lowest BCUT2D eigenvalue weighted by Gasteiger charge is -2.29. The quantitative estimate of drug-likeness (QED) is 0.452. The van der Waals surface area contributed by atoms with Gasteiger partial charge in [0.05, 0.1) is 37.6 Å². The highest BCUT2D eigenvalue weighted by Gasteiger charge is 2.22. The van der Waals surface area contributed by atoms with Crippen molar-refractivity contribution in [1.29, 1.82) is 0 Å². The zero-order valence-electron chi connectivity index (χ0n) is 18.7. The number of rotatable bonds is 9. The number of carbonyl (C=O) groups excluding carboxylic acids is 1. The van der Waals surface area contributed by atoms with Crippen LogP contribution in [0.15, 0.2) is 42.5 Å². The number of benzene rings is 2. The molecule has 0 bridgehead atoms. The SMILES string of the molecule is COc1ccc(OCC(=O)N(CCN2CCOCC2)c2nc3cc(OC)ccc3s2)cc1.Cl. The number of fused-ring (bicyclic) bond motifs is 1. The smallest absolute Gasteiger partial charge is 0.266 e. The average Bonchev–Trinajstić information content (AvgIpc) is 3.26. The molecule has 0 N–H and O–H groups in total. The van der Waals surface area contributed by atoms with E-state index in [1.54, 1.807) is 43.4 Å². The molecule has 0 unspecified atom stereocenters. The molecule has 1 saturated heterocycles. The lowest BCUT2D eigenvalue weighted by atomic mass is 10.3. The third kappa shape index (κ3) is 6.48. The number of ether oxygens (including phenoxy) is 4. The van der Waals surface area contributed by atoms with Crippen molar-refractivity contribution in [3.05, 3.63) is 42.5 Å². The van der Waals surface area contributed by atoms with E-state index in [4.69, 9.17) is 23.9 Å². The van der Waals surface area contributed by atoms with Gasteiger partial charge in [0.2, 0.25) is 0 Å². The third-order valence-electron chi connectivity index (χ3n) is 5.28. The van der Waals surface area contributed by atoms with Crippen molar-refractivity contribution in [1.82, 2.24) is 9.88 Å². The van der Waals surface area contributed by atoms with Crippen LogP contribution in [0.25, 0.3) is 10.2 Å². The standard InChI is InChI=1S/C23H27N3O5S.ClH/c1-28-17-3-5-18(6-4-17)31-16-22(27)26(10-9-25-11-13-30-14-12-25)23-24-20-15-19(29-2)7-8-21(20)32-23;/h3-8,15H,9-14,16H2,1-2H3;1H. The molecule has 0 saturated carbocycles. The second-order valence-corrected chi connectivity index (χ2v) is 8.30. The minimum absolute atomic E-state index is 0. The highest BCUT2D eigenvalue weighted by molar-refractivity contribution is 7.22. The monoisotopic (exact) mass is 493 g/mol. The summed E-state index contributed by atoms with van der Waals surface area (Å²) in [5.41, 5.74) is 0.810. The zero-order chi connectivity index (χ0) is 22.3. The summed E-state index contributed by atoms with van der Waals surface area (Å²) in [6.45, 7) is 4.36. The third-order valence-corrected chi connectivity index (χ3v) is 6.34. The van der Waals surface area contributed by atoms with Gasteiger partial charge in [-0.2, -0.15) is 0 Å². The molecule has 10 heteroatoms. The first-order chi connectivity index (χ1) is 15.7. The number of morpholine rings is 1. The minimum atomic E-state index is -0.139. The summed E-state index contributed by atoms with van der Waals surface area (Å²) < 4.78 is 22.7. The van der Waals surface area contributed by atoms with Gasteiger partial charge in [-0.05, 0) is 36.4 Å². The first-order valence-corrected chi connectivity index (χ1v) is 11.3. The van der Waals surface area contributed by atoms with Crippen LogP contribution in [0.4, 0.5) is 5.13 Å². The number of thiazole rings is 1. The van der Waals surface area contributed by atoms with Crippen molar-refractivity contribution in [2.75, 3.05) is 65.1 Å². The molecule has 1 aliphatic heterocycles. The molecule has 3 aromatic rings. The maximum atomic E-state index is 13.2. The van der Waals surface area contributed by atoms with Crippen LogP contribution in [-0.2, 0) is 9.53 Å². The Morgan fingerprint density at radius 2 is 1.73 bits per heavy atom. The van der Waals surface area contributed by atoms with Gasteiger partial charge in [0.15, 0.2) is 11.7 Å². The van der Waals surface area contributed by atoms with E-state index in [9.17, 15) is 4.79 Å². The van der Waals surface area contributed by atoms with E-state index in [1.165, 1.54) is 11.3 Å². The molecule has 1 aromatic heterocycles. The molecule has 33 heavy (non-hydrogen) atoms. The Morgan fingerprint density at radius 1 is 1.06 bits per heavy atom. The fraction of sp³-hybridized carbons (Fsp3) is 0.391. The van der Waals surface area contributed by atoms with Gasteiger partial charge < -0.3 is 18.9 Å². The van der Waals surface area contributed by atoms with E-state index in [1.807, 2.05) is 18.2 Å². The van der Waals surface area contributed by atoms with Gasteiger partial charge in [0.1, 0.15) is 17.2 Å². The predicted molar refractivity (Wildman–Crippen MR) is 132 cm³/mol. The van der Waals surface area contributed by atoms with Crippen molar-refractivity contribution < 1.29 is 23.7 Å². The van der Waals surface area contributed by atoms with Crippen LogP contribution >= 0.6 is 23.7 Å². The summed E-state index contributed by atoms with van der Waals surface area (Å²) in [6, 6.07) is 12.9. The van der Waals surface area contributed by atoms with Gasteiger partial charge in [-0.3, -0.25) is 14.6 Å². The van der Waals surface area contributed by atoms with Gasteiger partial charge in [-0.25, -0.2) is 4.98 Å². The first-order valence-electron chi connectivity index (χ1n) is 10.5. The van der Waals surface area contributed by atoms with Crippen LogP contribution in [0.1, 0.15) is 0 Å². The normalized spacial score (nSPS) is 13.9. The second kappa shape index (κ2) is 12.0. The van der Waals surface area contributed by atoms with Crippen LogP contribution in [0, 0.1) is 0 Å². The highest BCUT2D eigenvalue weighted by atomic mass is 35.5. The molecular weight excluding hydrogens is 466 g/mol. The van der Waals surface area contributed by atoms with Gasteiger partial charge in [0.25, 0.3) is 5.91 Å². The molecule has 1 aliphatic rings. The number of aromatic nitrogens is 1. The van der Waals surface area contributed by atoms with E-state index in [2.05, 4.69) is 4.90 Å². The number of amides is 1. The molecule has 1 fully saturated rings. The van der Waals surface area contributed by atoms with Crippen LogP contribution in [0.2, 0.25) is 0 Å². The van der Waals surface area contributed by atoms with E-state index in [-0.39, 0.29) is 24.9 Å². The number of halogens is 1. The molecule has 4 rings (SSSR count). The molecule has 8 nitrogen and oxygen atoms in total. The maximum absolute atomic E-state index is 13.2. The van der Waals surface area contributed by atoms with Crippen molar-refractivity contribution in [2.45, 2.75) is 0 Å². The van der Waals surface area contributed by atoms with Crippen molar-refractivity contribution in [3.63, 3.8) is 0 Å². The lowest BCUT2D eigenvalue weighted by molar-refractivity contribution is -0.120. The van der Waals surface area contributed by atoms with Gasteiger partial charge >= 0.3 is 0 Å². The number of carbonyl (C=O) groups is 1. The van der Waals surface area contributed by atoms with Crippen LogP contribution < -0.4 is 19.1 Å². The fourth-order valence-corrected chi connectivity index (χ4v) is 4.41. The van der Waals surface area contributed by atoms with E-state index in [0.717, 1.165) is 54.6 Å². The maximum Gasteiger partial charge on any atom is 0.266 e. The summed E-state index contributed by atoms with van der Waals surface area (Å²) in [5.74, 6) is 1.95. The molecule has 178 valence electrons. The van der Waals surface area contributed by atoms with E-state index >= 15 is 0 Å². The Morgan fingerprint density at radius 3 is 2.42 bits per heavy atom. The Labute approximate surface area is 203 Å². The minimum Gasteiger partial charge on any atom is -0.497 e. The Hall–Kier alpha value is -2.59. The summed E-state index contributed by atoms with van der Waals surface area (Å²) in [4.78, 5) is 21.9. The van der Waals surface area contributed by atoms with Crippen molar-refractivity contribution in [3.8, 4) is 17.2 Å². The largest absolute Gasteiger partial charge is 0.497 e. The van der Waals surface area contributed by atoms with Crippen LogP contribution in [0.5, 0.6) is 17.2 Å². The van der Waals surface area contributed by atoms with Gasteiger partial charge in [0, 0.05) is 32.2 Å². The first kappa shape index (κ1) is 25.0. The number of hydrogen-bond donors (Lipinski definition) is 0. The van der Waals surface area contributed by atoms with Crippen LogP contribution in [-0.4, -0.2) is 76.0 Å². The lowest BCUT2D eigenvalue weighted by Crippen LogP contribution is -2.44. The van der Waals surface area contributed by atoms with Gasteiger partial charge in [-0.15, -0.1) is 12.4 Å². The number of nitrogens with zero attached hydrogens (tertiary/aromatic N) is 3. The van der Waals surface area contributed by atoms with E-state index in [0.29, 0.717) is 17.4 Å². The average molecular weight is 494 g/mol. The Kier molecular flexibility index (Phi) is 9.13. The molecule has 0 radical (unpaired) electrons. The highest BCUT2D eigenvalue weighted by Crippen LogP contribution is 2.31. The summed E-state index contributed by atoms with van der Waals surface area (Å²) in [7, 11) is 3.24. The molecule has 0 aliphatic carbocycles. The predicted octanol–water partition coefficient (Wildman–Crippen LogP) is 3.48. The number of anilines is 1. The summed E-state index contributed by atoms with van der Waals surface area (Å²) in [6.07, 6.45) is 0. The summed E-state index contributed by atoms with van der Waals surface area (Å²) in [5, 5.41) is 0.657. The Bertz CT molecular complexity index is 1040. The topological polar surface area (TPSA) is 73.4 Å². The molecular formula is C23H28ClN3O5S. The number of hydrogen-bond acceptors (Lipinski definition) is 8. The van der Waals surface area contributed by atoms with Crippen LogP contribution in [0.3, 0.4) is 0 Å². The fourth-order valence-electron chi connectivity index (χ4n) is 3.43. The second-order valence-electron chi connectivity index (χ2n) is 7.29. The molecule has 2 heterocycles. The van der Waals surface area contributed by atoms with Crippen molar-refractivity contribution >= 4 is 45.0 Å². The number of methoxy groups -OCH3 is 2. The van der Waals surface area contributed by atoms with Crippen molar-refractivity contribution in [2.24, 2.45) is 0 Å². The Balaban J connectivity index is 0.00000306. The molecule has 0 atom stereocenters.